The van der Waals surface area contributed by atoms with Crippen LogP contribution in [0.2, 0.25) is 0 Å². The second-order valence-corrected chi connectivity index (χ2v) is 6.86. The number of carbonyl (C=O) groups excluding carboxylic acids is 1. The van der Waals surface area contributed by atoms with Crippen LogP contribution in [0.25, 0.3) is 0 Å². The van der Waals surface area contributed by atoms with Gasteiger partial charge in [-0.25, -0.2) is 0 Å². The molecule has 1 atom stereocenters. The maximum Gasteiger partial charge on any atom is 0.236 e. The monoisotopic (exact) mass is 270 g/mol. The molecule has 3 heteroatoms. The number of hydrogen-bond acceptors (Lipinski definition) is 2. The van der Waals surface area contributed by atoms with Crippen molar-refractivity contribution in [1.29, 1.82) is 0 Å². The SMILES string of the molecule is CCCCCC(C)(C)CNC(C)C(=O)NCC(C)C. The lowest BCUT2D eigenvalue weighted by atomic mass is 9.86. The van der Waals surface area contributed by atoms with Crippen molar-refractivity contribution < 1.29 is 4.79 Å². The molecule has 0 aromatic heterocycles. The van der Waals surface area contributed by atoms with Crippen molar-refractivity contribution in [2.75, 3.05) is 13.1 Å². The number of rotatable bonds is 10. The van der Waals surface area contributed by atoms with E-state index >= 15 is 0 Å². The molecule has 1 unspecified atom stereocenters. The van der Waals surface area contributed by atoms with E-state index in [-0.39, 0.29) is 17.4 Å². The largest absolute Gasteiger partial charge is 0.354 e. The van der Waals surface area contributed by atoms with Gasteiger partial charge in [-0.2, -0.15) is 0 Å². The summed E-state index contributed by atoms with van der Waals surface area (Å²) in [6, 6.07) is -0.107. The lowest BCUT2D eigenvalue weighted by Gasteiger charge is -2.27. The van der Waals surface area contributed by atoms with Gasteiger partial charge in [0.15, 0.2) is 0 Å². The fourth-order valence-corrected chi connectivity index (χ4v) is 1.92. The lowest BCUT2D eigenvalue weighted by molar-refractivity contribution is -0.123. The Kier molecular flexibility index (Phi) is 9.07. The molecule has 0 aromatic carbocycles. The predicted molar refractivity (Wildman–Crippen MR) is 83.2 cm³/mol. The summed E-state index contributed by atoms with van der Waals surface area (Å²) in [4.78, 5) is 11.9. The van der Waals surface area contributed by atoms with Gasteiger partial charge in [-0.15, -0.1) is 0 Å². The number of hydrogen-bond donors (Lipinski definition) is 2. The van der Waals surface area contributed by atoms with Crippen LogP contribution < -0.4 is 10.6 Å². The summed E-state index contributed by atoms with van der Waals surface area (Å²) in [5.74, 6) is 0.611. The van der Waals surface area contributed by atoms with Crippen molar-refractivity contribution in [3.63, 3.8) is 0 Å². The van der Waals surface area contributed by atoms with Crippen LogP contribution in [-0.2, 0) is 4.79 Å². The summed E-state index contributed by atoms with van der Waals surface area (Å²) in [7, 11) is 0. The molecule has 1 amide bonds. The Labute approximate surface area is 119 Å². The molecule has 19 heavy (non-hydrogen) atoms. The molecular weight excluding hydrogens is 236 g/mol. The van der Waals surface area contributed by atoms with Gasteiger partial charge in [-0.05, 0) is 24.7 Å². The number of unbranched alkanes of at least 4 members (excludes halogenated alkanes) is 2. The Morgan fingerprint density at radius 1 is 1.16 bits per heavy atom. The molecule has 0 aliphatic carbocycles. The normalized spacial score (nSPS) is 13.6. The van der Waals surface area contributed by atoms with Crippen molar-refractivity contribution in [3.05, 3.63) is 0 Å². The quantitative estimate of drug-likeness (QED) is 0.598. The minimum atomic E-state index is -0.107. The average Bonchev–Trinajstić information content (AvgIpc) is 2.33. The average molecular weight is 270 g/mol. The minimum Gasteiger partial charge on any atom is -0.354 e. The van der Waals surface area contributed by atoms with Gasteiger partial charge in [0.05, 0.1) is 6.04 Å². The standard InChI is InChI=1S/C16H34N2O/c1-7-8-9-10-16(5,6)12-18-14(4)15(19)17-11-13(2)3/h13-14,18H,7-12H2,1-6H3,(H,17,19). The molecule has 0 rings (SSSR count). The highest BCUT2D eigenvalue weighted by molar-refractivity contribution is 5.81. The third-order valence-corrected chi connectivity index (χ3v) is 3.42. The van der Waals surface area contributed by atoms with Crippen molar-refractivity contribution in [1.82, 2.24) is 10.6 Å². The summed E-state index contributed by atoms with van der Waals surface area (Å²) in [5, 5.41) is 6.33. The summed E-state index contributed by atoms with van der Waals surface area (Å²) < 4.78 is 0. The summed E-state index contributed by atoms with van der Waals surface area (Å²) in [6.07, 6.45) is 5.05. The van der Waals surface area contributed by atoms with E-state index in [0.29, 0.717) is 5.92 Å². The molecule has 0 radical (unpaired) electrons. The van der Waals surface area contributed by atoms with Crippen LogP contribution in [0.3, 0.4) is 0 Å². The second kappa shape index (κ2) is 9.35. The van der Waals surface area contributed by atoms with Crippen LogP contribution in [0.5, 0.6) is 0 Å². The first kappa shape index (κ1) is 18.4. The predicted octanol–water partition coefficient (Wildman–Crippen LogP) is 3.34. The Balaban J connectivity index is 3.92. The summed E-state index contributed by atoms with van der Waals surface area (Å²) >= 11 is 0. The zero-order chi connectivity index (χ0) is 14.9. The molecule has 0 aliphatic heterocycles. The fourth-order valence-electron chi connectivity index (χ4n) is 1.92. The molecule has 2 N–H and O–H groups in total. The molecule has 0 bridgehead atoms. The molecule has 0 heterocycles. The molecule has 0 saturated heterocycles. The molecular formula is C16H34N2O. The molecule has 0 fully saturated rings. The molecule has 3 nitrogen and oxygen atoms in total. The van der Waals surface area contributed by atoms with E-state index in [2.05, 4.69) is 45.3 Å². The molecule has 0 spiro atoms. The summed E-state index contributed by atoms with van der Waals surface area (Å²) in [5.41, 5.74) is 0.266. The van der Waals surface area contributed by atoms with Crippen LogP contribution in [0.1, 0.15) is 67.2 Å². The Morgan fingerprint density at radius 2 is 1.79 bits per heavy atom. The van der Waals surface area contributed by atoms with Crippen molar-refractivity contribution in [2.24, 2.45) is 11.3 Å². The van der Waals surface area contributed by atoms with Crippen molar-refractivity contribution in [2.45, 2.75) is 73.3 Å². The van der Waals surface area contributed by atoms with Gasteiger partial charge < -0.3 is 10.6 Å². The van der Waals surface area contributed by atoms with Crippen molar-refractivity contribution >= 4 is 5.91 Å². The van der Waals surface area contributed by atoms with Crippen LogP contribution in [-0.4, -0.2) is 25.0 Å². The first-order chi connectivity index (χ1) is 8.78. The second-order valence-electron chi connectivity index (χ2n) is 6.86. The number of carbonyl (C=O) groups is 1. The highest BCUT2D eigenvalue weighted by atomic mass is 16.2. The smallest absolute Gasteiger partial charge is 0.236 e. The van der Waals surface area contributed by atoms with Crippen LogP contribution in [0, 0.1) is 11.3 Å². The minimum absolute atomic E-state index is 0.107. The van der Waals surface area contributed by atoms with Gasteiger partial charge in [-0.3, -0.25) is 4.79 Å². The van der Waals surface area contributed by atoms with Crippen LogP contribution in [0.4, 0.5) is 0 Å². The van der Waals surface area contributed by atoms with E-state index in [0.717, 1.165) is 13.1 Å². The Morgan fingerprint density at radius 3 is 2.32 bits per heavy atom. The van der Waals surface area contributed by atoms with E-state index in [1.165, 1.54) is 25.7 Å². The fraction of sp³-hybridized carbons (Fsp3) is 0.938. The molecule has 114 valence electrons. The van der Waals surface area contributed by atoms with E-state index in [4.69, 9.17) is 0 Å². The van der Waals surface area contributed by atoms with E-state index in [1.807, 2.05) is 6.92 Å². The third kappa shape index (κ3) is 9.94. The van der Waals surface area contributed by atoms with Gasteiger partial charge in [0.25, 0.3) is 0 Å². The van der Waals surface area contributed by atoms with Gasteiger partial charge in [-0.1, -0.05) is 53.9 Å². The highest BCUT2D eigenvalue weighted by Crippen LogP contribution is 2.22. The van der Waals surface area contributed by atoms with Crippen molar-refractivity contribution in [3.8, 4) is 0 Å². The number of amides is 1. The molecule has 0 saturated carbocycles. The van der Waals surface area contributed by atoms with Gasteiger partial charge in [0.2, 0.25) is 5.91 Å². The third-order valence-electron chi connectivity index (χ3n) is 3.42. The van der Waals surface area contributed by atoms with Gasteiger partial charge >= 0.3 is 0 Å². The Hall–Kier alpha value is -0.570. The topological polar surface area (TPSA) is 41.1 Å². The van der Waals surface area contributed by atoms with Gasteiger partial charge in [0, 0.05) is 13.1 Å². The van der Waals surface area contributed by atoms with Crippen LogP contribution >= 0.6 is 0 Å². The van der Waals surface area contributed by atoms with E-state index < -0.39 is 0 Å². The first-order valence-corrected chi connectivity index (χ1v) is 7.79. The maximum atomic E-state index is 11.9. The number of nitrogens with one attached hydrogen (secondary N) is 2. The highest BCUT2D eigenvalue weighted by Gasteiger charge is 2.20. The molecule has 0 aliphatic rings. The van der Waals surface area contributed by atoms with Gasteiger partial charge in [0.1, 0.15) is 0 Å². The maximum absolute atomic E-state index is 11.9. The van der Waals surface area contributed by atoms with E-state index in [1.54, 1.807) is 0 Å². The summed E-state index contributed by atoms with van der Waals surface area (Å²) in [6.45, 7) is 14.6. The van der Waals surface area contributed by atoms with Crippen LogP contribution in [0.15, 0.2) is 0 Å². The lowest BCUT2D eigenvalue weighted by Crippen LogP contribution is -2.46. The molecule has 0 aromatic rings. The Bertz CT molecular complexity index is 249. The zero-order valence-corrected chi connectivity index (χ0v) is 13.8. The first-order valence-electron chi connectivity index (χ1n) is 7.79. The van der Waals surface area contributed by atoms with E-state index in [9.17, 15) is 4.79 Å². The zero-order valence-electron chi connectivity index (χ0n) is 13.8.